The van der Waals surface area contributed by atoms with Crippen molar-refractivity contribution in [1.82, 2.24) is 5.32 Å². The molecule has 0 saturated heterocycles. The maximum atomic E-state index is 8.10. The van der Waals surface area contributed by atoms with Gasteiger partial charge in [0.15, 0.2) is 6.19 Å². The fourth-order valence-corrected chi connectivity index (χ4v) is 1.19. The lowest BCUT2D eigenvalue weighted by Gasteiger charge is -1.96. The van der Waals surface area contributed by atoms with Gasteiger partial charge in [0.2, 0.25) is 0 Å². The van der Waals surface area contributed by atoms with E-state index in [1.165, 1.54) is 18.6 Å². The Balaban J connectivity index is 2.72. The zero-order valence-electron chi connectivity index (χ0n) is 6.39. The Labute approximate surface area is 67.0 Å². The molecule has 0 aliphatic rings. The van der Waals surface area contributed by atoms with Gasteiger partial charge in [-0.25, -0.2) is 0 Å². The number of nitrogens with one attached hydrogen (secondary N) is 1. The van der Waals surface area contributed by atoms with E-state index in [-0.39, 0.29) is 0 Å². The Morgan fingerprint density at radius 3 is 2.80 bits per heavy atom. The van der Waals surface area contributed by atoms with Crippen LogP contribution in [0.2, 0.25) is 0 Å². The summed E-state index contributed by atoms with van der Waals surface area (Å²) in [5, 5.41) is 10.7. The monoisotopic (exact) mass is 158 g/mol. The summed E-state index contributed by atoms with van der Waals surface area (Å²) < 4.78 is 0. The molecule has 1 N–H and O–H groups in total. The van der Waals surface area contributed by atoms with E-state index >= 15 is 0 Å². The van der Waals surface area contributed by atoms with E-state index in [2.05, 4.69) is 11.6 Å². The predicted molar refractivity (Wildman–Crippen MR) is 45.8 cm³/mol. The van der Waals surface area contributed by atoms with Gasteiger partial charge in [0.25, 0.3) is 0 Å². The molecule has 2 nitrogen and oxygen atoms in total. The number of nitriles is 1. The van der Waals surface area contributed by atoms with Crippen LogP contribution >= 0.6 is 11.8 Å². The highest BCUT2D eigenvalue weighted by Crippen LogP contribution is 2.00. The largest absolute Gasteiger partial charge is 0.324 e. The molecule has 0 atom stereocenters. The van der Waals surface area contributed by atoms with Crippen LogP contribution in [0, 0.1) is 11.5 Å². The summed E-state index contributed by atoms with van der Waals surface area (Å²) in [6.07, 6.45) is 7.64. The minimum absolute atomic E-state index is 0.838. The molecule has 0 spiro atoms. The second-order valence-corrected chi connectivity index (χ2v) is 3.08. The third-order valence-electron chi connectivity index (χ3n) is 1.23. The molecule has 0 bridgehead atoms. The Morgan fingerprint density at radius 1 is 1.40 bits per heavy atom. The quantitative estimate of drug-likeness (QED) is 0.362. The fraction of sp³-hybridized carbons (Fsp3) is 0.857. The van der Waals surface area contributed by atoms with E-state index in [0.29, 0.717) is 0 Å². The van der Waals surface area contributed by atoms with E-state index in [1.807, 2.05) is 18.0 Å². The Bertz CT molecular complexity index is 98.3. The van der Waals surface area contributed by atoms with Gasteiger partial charge < -0.3 is 5.32 Å². The van der Waals surface area contributed by atoms with Crippen molar-refractivity contribution in [2.24, 2.45) is 0 Å². The molecule has 0 amide bonds. The number of rotatable bonds is 6. The van der Waals surface area contributed by atoms with Crippen LogP contribution < -0.4 is 5.32 Å². The SMILES string of the molecule is CSCCCCCNC#N. The third kappa shape index (κ3) is 7.64. The van der Waals surface area contributed by atoms with Gasteiger partial charge in [-0.1, -0.05) is 6.42 Å². The maximum Gasteiger partial charge on any atom is 0.176 e. The summed E-state index contributed by atoms with van der Waals surface area (Å²) in [5.41, 5.74) is 0. The first kappa shape index (κ1) is 9.64. The van der Waals surface area contributed by atoms with Gasteiger partial charge >= 0.3 is 0 Å². The lowest BCUT2D eigenvalue weighted by Crippen LogP contribution is -2.06. The highest BCUT2D eigenvalue weighted by atomic mass is 32.2. The molecule has 58 valence electrons. The molecule has 10 heavy (non-hydrogen) atoms. The summed E-state index contributed by atoms with van der Waals surface area (Å²) in [5.74, 6) is 1.24. The van der Waals surface area contributed by atoms with Crippen molar-refractivity contribution in [2.45, 2.75) is 19.3 Å². The number of unbranched alkanes of at least 4 members (excludes halogenated alkanes) is 2. The Kier molecular flexibility index (Phi) is 8.33. The van der Waals surface area contributed by atoms with Crippen LogP contribution in [0.5, 0.6) is 0 Å². The van der Waals surface area contributed by atoms with Gasteiger partial charge in [-0.15, -0.1) is 0 Å². The molecule has 3 heteroatoms. The van der Waals surface area contributed by atoms with Crippen LogP contribution in [0.15, 0.2) is 0 Å². The standard InChI is InChI=1S/C7H14N2S/c1-10-6-4-2-3-5-9-7-8/h9H,2-6H2,1H3. The van der Waals surface area contributed by atoms with Crippen molar-refractivity contribution in [3.05, 3.63) is 0 Å². The van der Waals surface area contributed by atoms with Crippen LogP contribution in [0.1, 0.15) is 19.3 Å². The summed E-state index contributed by atoms with van der Waals surface area (Å²) >= 11 is 1.88. The van der Waals surface area contributed by atoms with E-state index in [0.717, 1.165) is 13.0 Å². The van der Waals surface area contributed by atoms with Gasteiger partial charge in [0.1, 0.15) is 0 Å². The molecule has 0 heterocycles. The molecule has 0 rings (SSSR count). The van der Waals surface area contributed by atoms with Gasteiger partial charge in [-0.2, -0.15) is 17.0 Å². The minimum atomic E-state index is 0.838. The molecule has 0 unspecified atom stereocenters. The normalized spacial score (nSPS) is 8.80. The van der Waals surface area contributed by atoms with Crippen LogP contribution in [0.4, 0.5) is 0 Å². The zero-order valence-corrected chi connectivity index (χ0v) is 7.21. The lowest BCUT2D eigenvalue weighted by atomic mass is 10.2. The number of hydrogen-bond donors (Lipinski definition) is 1. The molecule has 0 fully saturated rings. The van der Waals surface area contributed by atoms with Crippen LogP contribution in [-0.2, 0) is 0 Å². The van der Waals surface area contributed by atoms with Crippen molar-refractivity contribution < 1.29 is 0 Å². The second-order valence-electron chi connectivity index (χ2n) is 2.09. The predicted octanol–water partition coefficient (Wildman–Crippen LogP) is 1.59. The molecular formula is C7H14N2S. The van der Waals surface area contributed by atoms with E-state index in [4.69, 9.17) is 5.26 Å². The summed E-state index contributed by atoms with van der Waals surface area (Å²) in [6.45, 7) is 0.838. The van der Waals surface area contributed by atoms with Crippen molar-refractivity contribution in [1.29, 1.82) is 5.26 Å². The topological polar surface area (TPSA) is 35.8 Å². The number of thioether (sulfide) groups is 1. The van der Waals surface area contributed by atoms with E-state index < -0.39 is 0 Å². The number of hydrogen-bond acceptors (Lipinski definition) is 3. The molecule has 0 saturated carbocycles. The lowest BCUT2D eigenvalue weighted by molar-refractivity contribution is 0.692. The molecule has 0 aromatic carbocycles. The first-order valence-corrected chi connectivity index (χ1v) is 4.92. The fourth-order valence-electron chi connectivity index (χ4n) is 0.692. The third-order valence-corrected chi connectivity index (χ3v) is 1.93. The molecule has 0 radical (unpaired) electrons. The summed E-state index contributed by atoms with van der Waals surface area (Å²) in [7, 11) is 0. The van der Waals surface area contributed by atoms with Gasteiger partial charge in [-0.05, 0) is 24.9 Å². The molecular weight excluding hydrogens is 144 g/mol. The van der Waals surface area contributed by atoms with Gasteiger partial charge in [0, 0.05) is 6.54 Å². The van der Waals surface area contributed by atoms with E-state index in [1.54, 1.807) is 0 Å². The summed E-state index contributed by atoms with van der Waals surface area (Å²) in [6, 6.07) is 0. The molecule has 0 aromatic heterocycles. The zero-order chi connectivity index (χ0) is 7.66. The highest BCUT2D eigenvalue weighted by Gasteiger charge is 1.86. The van der Waals surface area contributed by atoms with Crippen molar-refractivity contribution in [2.75, 3.05) is 18.6 Å². The van der Waals surface area contributed by atoms with Crippen molar-refractivity contribution >= 4 is 11.8 Å². The Hall–Kier alpha value is -0.360. The Morgan fingerprint density at radius 2 is 2.20 bits per heavy atom. The van der Waals surface area contributed by atoms with Crippen LogP contribution in [0.3, 0.4) is 0 Å². The smallest absolute Gasteiger partial charge is 0.176 e. The van der Waals surface area contributed by atoms with Crippen molar-refractivity contribution in [3.63, 3.8) is 0 Å². The average molecular weight is 158 g/mol. The first-order chi connectivity index (χ1) is 4.91. The average Bonchev–Trinajstić information content (AvgIpc) is 1.97. The maximum absolute atomic E-state index is 8.10. The van der Waals surface area contributed by atoms with E-state index in [9.17, 15) is 0 Å². The highest BCUT2D eigenvalue weighted by molar-refractivity contribution is 7.98. The number of nitrogens with zero attached hydrogens (tertiary/aromatic N) is 1. The molecule has 0 aliphatic carbocycles. The summed E-state index contributed by atoms with van der Waals surface area (Å²) in [4.78, 5) is 0. The second kappa shape index (κ2) is 8.64. The molecule has 0 aliphatic heterocycles. The van der Waals surface area contributed by atoms with Gasteiger partial charge in [0.05, 0.1) is 0 Å². The molecule has 0 aromatic rings. The van der Waals surface area contributed by atoms with Crippen LogP contribution in [0.25, 0.3) is 0 Å². The van der Waals surface area contributed by atoms with Crippen molar-refractivity contribution in [3.8, 4) is 6.19 Å². The minimum Gasteiger partial charge on any atom is -0.324 e. The first-order valence-electron chi connectivity index (χ1n) is 3.52. The van der Waals surface area contributed by atoms with Gasteiger partial charge in [-0.3, -0.25) is 0 Å². The van der Waals surface area contributed by atoms with Crippen LogP contribution in [-0.4, -0.2) is 18.6 Å².